The van der Waals surface area contributed by atoms with Crippen molar-refractivity contribution in [2.24, 2.45) is 0 Å². The number of rotatable bonds is 3. The highest BCUT2D eigenvalue weighted by Crippen LogP contribution is 2.35. The van der Waals surface area contributed by atoms with E-state index >= 15 is 0 Å². The summed E-state index contributed by atoms with van der Waals surface area (Å²) in [5.74, 6) is 0. The van der Waals surface area contributed by atoms with E-state index in [1.165, 1.54) is 18.2 Å². The van der Waals surface area contributed by atoms with Gasteiger partial charge in [0.15, 0.2) is 0 Å². The summed E-state index contributed by atoms with van der Waals surface area (Å²) < 4.78 is 38.1. The molecule has 7 heteroatoms. The number of aliphatic hydroxyl groups excluding tert-OH is 1. The van der Waals surface area contributed by atoms with Gasteiger partial charge in [0.05, 0.1) is 16.1 Å². The minimum absolute atomic E-state index is 0.177. The molecule has 0 fully saturated rings. The lowest BCUT2D eigenvalue weighted by Crippen LogP contribution is -2.51. The molecule has 0 aliphatic rings. The second kappa shape index (κ2) is 5.71. The summed E-state index contributed by atoms with van der Waals surface area (Å²) >= 11 is 11.4. The molecule has 106 valence electrons. The van der Waals surface area contributed by atoms with E-state index < -0.39 is 17.9 Å². The van der Waals surface area contributed by atoms with Crippen LogP contribution in [0.15, 0.2) is 24.3 Å². The zero-order chi connectivity index (χ0) is 14.8. The standard InChI is InChI=1S/C12H11Cl2F3O2/c1-7(18)11(19,12(15,16)17)5-4-8-2-3-9(13)10(14)6-8/h2-7,18-19H,1H3/b5-4+. The Balaban J connectivity index is 3.10. The van der Waals surface area contributed by atoms with Crippen molar-refractivity contribution in [2.75, 3.05) is 0 Å². The quantitative estimate of drug-likeness (QED) is 0.893. The SMILES string of the molecule is CC(O)C(O)(/C=C/c1ccc(Cl)c(Cl)c1)C(F)(F)F. The summed E-state index contributed by atoms with van der Waals surface area (Å²) in [7, 11) is 0. The van der Waals surface area contributed by atoms with Crippen molar-refractivity contribution >= 4 is 29.3 Å². The molecule has 0 saturated carbocycles. The summed E-state index contributed by atoms with van der Waals surface area (Å²) in [4.78, 5) is 0. The van der Waals surface area contributed by atoms with Gasteiger partial charge in [-0.25, -0.2) is 0 Å². The second-order valence-electron chi connectivity index (χ2n) is 4.01. The lowest BCUT2D eigenvalue weighted by molar-refractivity contribution is -0.265. The predicted molar refractivity (Wildman–Crippen MR) is 68.2 cm³/mol. The van der Waals surface area contributed by atoms with E-state index in [-0.39, 0.29) is 10.0 Å². The smallest absolute Gasteiger partial charge is 0.390 e. The van der Waals surface area contributed by atoms with Crippen molar-refractivity contribution in [1.82, 2.24) is 0 Å². The fourth-order valence-corrected chi connectivity index (χ4v) is 1.62. The summed E-state index contributed by atoms with van der Waals surface area (Å²) in [6.45, 7) is 0.854. The minimum Gasteiger partial charge on any atom is -0.390 e. The first-order chi connectivity index (χ1) is 8.58. The van der Waals surface area contributed by atoms with Gasteiger partial charge < -0.3 is 10.2 Å². The van der Waals surface area contributed by atoms with Gasteiger partial charge in [0.1, 0.15) is 0 Å². The fraction of sp³-hybridized carbons (Fsp3) is 0.333. The van der Waals surface area contributed by atoms with Crippen LogP contribution in [0.5, 0.6) is 0 Å². The van der Waals surface area contributed by atoms with Crippen LogP contribution in [0.4, 0.5) is 13.2 Å². The largest absolute Gasteiger partial charge is 0.423 e. The van der Waals surface area contributed by atoms with Crippen LogP contribution in [0.25, 0.3) is 6.08 Å². The lowest BCUT2D eigenvalue weighted by Gasteiger charge is -2.30. The molecule has 1 aromatic carbocycles. The highest BCUT2D eigenvalue weighted by Gasteiger charge is 2.55. The molecule has 0 spiro atoms. The van der Waals surface area contributed by atoms with Gasteiger partial charge in [0, 0.05) is 0 Å². The maximum Gasteiger partial charge on any atom is 0.423 e. The number of aliphatic hydroxyl groups is 2. The van der Waals surface area contributed by atoms with Gasteiger partial charge in [-0.2, -0.15) is 13.2 Å². The molecule has 1 aromatic rings. The number of hydrogen-bond acceptors (Lipinski definition) is 2. The number of benzene rings is 1. The van der Waals surface area contributed by atoms with Crippen molar-refractivity contribution in [1.29, 1.82) is 0 Å². The molecule has 1 rings (SSSR count). The van der Waals surface area contributed by atoms with Gasteiger partial charge in [0.25, 0.3) is 0 Å². The maximum atomic E-state index is 12.7. The van der Waals surface area contributed by atoms with Crippen LogP contribution in [-0.2, 0) is 0 Å². The van der Waals surface area contributed by atoms with Crippen LogP contribution >= 0.6 is 23.2 Å². The molecular weight excluding hydrogens is 304 g/mol. The Morgan fingerprint density at radius 3 is 2.21 bits per heavy atom. The first kappa shape index (κ1) is 16.3. The monoisotopic (exact) mass is 314 g/mol. The van der Waals surface area contributed by atoms with E-state index in [9.17, 15) is 18.3 Å². The molecule has 2 unspecified atom stereocenters. The van der Waals surface area contributed by atoms with Crippen LogP contribution in [0.3, 0.4) is 0 Å². The Hall–Kier alpha value is -0.750. The summed E-state index contributed by atoms with van der Waals surface area (Å²) in [5, 5.41) is 19.0. The van der Waals surface area contributed by atoms with Crippen LogP contribution in [-0.4, -0.2) is 28.1 Å². The molecule has 2 N–H and O–H groups in total. The lowest BCUT2D eigenvalue weighted by atomic mass is 9.95. The Labute approximate surface area is 118 Å². The number of halogens is 5. The summed E-state index contributed by atoms with van der Waals surface area (Å²) in [6, 6.07) is 4.20. The van der Waals surface area contributed by atoms with Crippen molar-refractivity contribution in [3.8, 4) is 0 Å². The molecule has 0 aliphatic carbocycles. The minimum atomic E-state index is -4.99. The molecule has 19 heavy (non-hydrogen) atoms. The van der Waals surface area contributed by atoms with E-state index in [0.717, 1.165) is 13.0 Å². The molecule has 0 bridgehead atoms. The van der Waals surface area contributed by atoms with Crippen molar-refractivity contribution in [3.05, 3.63) is 39.9 Å². The molecule has 0 saturated heterocycles. The van der Waals surface area contributed by atoms with Gasteiger partial charge in [-0.3, -0.25) is 0 Å². The zero-order valence-corrected chi connectivity index (χ0v) is 11.3. The summed E-state index contributed by atoms with van der Waals surface area (Å²) in [5.41, 5.74) is -3.00. The highest BCUT2D eigenvalue weighted by atomic mass is 35.5. The molecule has 2 nitrogen and oxygen atoms in total. The molecule has 0 radical (unpaired) electrons. The van der Waals surface area contributed by atoms with Crippen LogP contribution in [0, 0.1) is 0 Å². The van der Waals surface area contributed by atoms with Crippen molar-refractivity contribution < 1.29 is 23.4 Å². The Morgan fingerprint density at radius 2 is 1.79 bits per heavy atom. The average molecular weight is 315 g/mol. The van der Waals surface area contributed by atoms with Gasteiger partial charge >= 0.3 is 6.18 Å². The number of alkyl halides is 3. The van der Waals surface area contributed by atoms with Crippen molar-refractivity contribution in [2.45, 2.75) is 24.8 Å². The molecule has 0 aliphatic heterocycles. The van der Waals surface area contributed by atoms with E-state index in [1.54, 1.807) is 0 Å². The third kappa shape index (κ3) is 3.63. The fourth-order valence-electron chi connectivity index (χ4n) is 1.31. The predicted octanol–water partition coefficient (Wildman–Crippen LogP) is 3.68. The normalized spacial score (nSPS) is 17.5. The maximum absolute atomic E-state index is 12.7. The second-order valence-corrected chi connectivity index (χ2v) is 4.82. The Morgan fingerprint density at radius 1 is 1.21 bits per heavy atom. The highest BCUT2D eigenvalue weighted by molar-refractivity contribution is 6.42. The van der Waals surface area contributed by atoms with Gasteiger partial charge in [-0.05, 0) is 30.7 Å². The van der Waals surface area contributed by atoms with Crippen molar-refractivity contribution in [3.63, 3.8) is 0 Å². The molecule has 0 aromatic heterocycles. The third-order valence-corrected chi connectivity index (χ3v) is 3.30. The average Bonchev–Trinajstić information content (AvgIpc) is 2.28. The molecular formula is C12H11Cl2F3O2. The number of hydrogen-bond donors (Lipinski definition) is 2. The Kier molecular flexibility index (Phi) is 4.90. The zero-order valence-electron chi connectivity index (χ0n) is 9.75. The van der Waals surface area contributed by atoms with Gasteiger partial charge in [-0.15, -0.1) is 0 Å². The van der Waals surface area contributed by atoms with Crippen LogP contribution in [0.2, 0.25) is 10.0 Å². The summed E-state index contributed by atoms with van der Waals surface area (Å²) in [6.07, 6.45) is -5.50. The third-order valence-electron chi connectivity index (χ3n) is 2.56. The first-order valence-electron chi connectivity index (χ1n) is 5.19. The van der Waals surface area contributed by atoms with Gasteiger partial charge in [-0.1, -0.05) is 35.3 Å². The van der Waals surface area contributed by atoms with E-state index in [4.69, 9.17) is 28.3 Å². The molecule has 2 atom stereocenters. The van der Waals surface area contributed by atoms with Crippen LogP contribution in [0.1, 0.15) is 12.5 Å². The van der Waals surface area contributed by atoms with Gasteiger partial charge in [0.2, 0.25) is 5.60 Å². The van der Waals surface area contributed by atoms with E-state index in [0.29, 0.717) is 11.6 Å². The molecule has 0 heterocycles. The molecule has 0 amide bonds. The first-order valence-corrected chi connectivity index (χ1v) is 5.95. The topological polar surface area (TPSA) is 40.5 Å². The van der Waals surface area contributed by atoms with E-state index in [2.05, 4.69) is 0 Å². The Bertz CT molecular complexity index is 486. The van der Waals surface area contributed by atoms with Crippen LogP contribution < -0.4 is 0 Å². The van der Waals surface area contributed by atoms with E-state index in [1.807, 2.05) is 0 Å².